The topological polar surface area (TPSA) is 85.4 Å². The molecule has 1 atom stereocenters. The van der Waals surface area contributed by atoms with E-state index in [0.29, 0.717) is 12.3 Å². The van der Waals surface area contributed by atoms with Crippen molar-refractivity contribution in [3.05, 3.63) is 17.9 Å². The molecule has 5 N–H and O–H groups in total. The summed E-state index contributed by atoms with van der Waals surface area (Å²) < 4.78 is 4.85. The predicted molar refractivity (Wildman–Crippen MR) is 41.8 cm³/mol. The normalized spacial score (nSPS) is 13.3. The Labute approximate surface area is 64.8 Å². The number of furan rings is 1. The highest BCUT2D eigenvalue weighted by molar-refractivity contribution is 5.37. The minimum absolute atomic E-state index is 0.0613. The first-order chi connectivity index (χ1) is 5.25. The number of hydrogen-bond donors (Lipinski definition) is 3. The molecule has 1 aromatic heterocycles. The van der Waals surface area contributed by atoms with Gasteiger partial charge in [0.15, 0.2) is 5.88 Å². The van der Waals surface area contributed by atoms with Crippen LogP contribution >= 0.6 is 0 Å². The van der Waals surface area contributed by atoms with Gasteiger partial charge in [0.25, 0.3) is 0 Å². The molecule has 11 heavy (non-hydrogen) atoms. The van der Waals surface area contributed by atoms with E-state index >= 15 is 0 Å². The van der Waals surface area contributed by atoms with Crippen LogP contribution in [0.1, 0.15) is 18.0 Å². The van der Waals surface area contributed by atoms with Crippen LogP contribution in [0.15, 0.2) is 16.7 Å². The number of nitrogen functional groups attached to an aromatic ring is 1. The molecule has 0 saturated carbocycles. The first kappa shape index (κ1) is 8.10. The summed E-state index contributed by atoms with van der Waals surface area (Å²) in [5, 5.41) is 8.57. The van der Waals surface area contributed by atoms with Gasteiger partial charge in [0.05, 0.1) is 6.26 Å². The first-order valence-corrected chi connectivity index (χ1v) is 3.45. The number of aliphatic hydroxyl groups excluding tert-OH is 1. The third kappa shape index (κ3) is 1.72. The van der Waals surface area contributed by atoms with E-state index in [1.54, 1.807) is 6.07 Å². The van der Waals surface area contributed by atoms with Crippen molar-refractivity contribution in [2.45, 2.75) is 12.5 Å². The molecule has 0 fully saturated rings. The molecular weight excluding hydrogens is 144 g/mol. The maximum absolute atomic E-state index is 8.57. The summed E-state index contributed by atoms with van der Waals surface area (Å²) in [7, 11) is 0. The molecule has 0 radical (unpaired) electrons. The van der Waals surface area contributed by atoms with Gasteiger partial charge < -0.3 is 21.0 Å². The molecule has 0 aromatic carbocycles. The molecular formula is C7H12N2O2. The number of hydrogen-bond acceptors (Lipinski definition) is 4. The molecule has 4 nitrogen and oxygen atoms in total. The van der Waals surface area contributed by atoms with Gasteiger partial charge in [0.2, 0.25) is 0 Å². The van der Waals surface area contributed by atoms with Gasteiger partial charge in [-0.1, -0.05) is 0 Å². The zero-order valence-corrected chi connectivity index (χ0v) is 6.16. The molecule has 0 unspecified atom stereocenters. The molecule has 0 aliphatic heterocycles. The number of aliphatic hydroxyl groups is 1. The van der Waals surface area contributed by atoms with Crippen LogP contribution in [-0.4, -0.2) is 11.7 Å². The SMILES string of the molecule is Nc1occc1[C@@H](N)CCO. The van der Waals surface area contributed by atoms with Gasteiger partial charge in [0, 0.05) is 18.2 Å². The van der Waals surface area contributed by atoms with E-state index in [9.17, 15) is 0 Å². The van der Waals surface area contributed by atoms with Crippen molar-refractivity contribution < 1.29 is 9.52 Å². The Bertz CT molecular complexity index is 222. The lowest BCUT2D eigenvalue weighted by molar-refractivity contribution is 0.276. The van der Waals surface area contributed by atoms with Crippen LogP contribution in [-0.2, 0) is 0 Å². The van der Waals surface area contributed by atoms with Crippen molar-refractivity contribution in [2.75, 3.05) is 12.3 Å². The second-order valence-electron chi connectivity index (χ2n) is 2.36. The molecule has 1 heterocycles. The van der Waals surface area contributed by atoms with Crippen molar-refractivity contribution in [2.24, 2.45) is 5.73 Å². The number of nitrogens with two attached hydrogens (primary N) is 2. The average Bonchev–Trinajstić information content (AvgIpc) is 2.36. The highest BCUT2D eigenvalue weighted by Gasteiger charge is 2.10. The van der Waals surface area contributed by atoms with Crippen LogP contribution in [0.2, 0.25) is 0 Å². The van der Waals surface area contributed by atoms with Crippen molar-refractivity contribution in [3.8, 4) is 0 Å². The van der Waals surface area contributed by atoms with E-state index in [1.165, 1.54) is 6.26 Å². The Morgan fingerprint density at radius 2 is 2.36 bits per heavy atom. The fourth-order valence-electron chi connectivity index (χ4n) is 0.932. The fourth-order valence-corrected chi connectivity index (χ4v) is 0.932. The van der Waals surface area contributed by atoms with E-state index in [1.807, 2.05) is 0 Å². The monoisotopic (exact) mass is 156 g/mol. The van der Waals surface area contributed by atoms with Gasteiger partial charge in [-0.2, -0.15) is 0 Å². The van der Waals surface area contributed by atoms with E-state index in [0.717, 1.165) is 5.56 Å². The summed E-state index contributed by atoms with van der Waals surface area (Å²) in [4.78, 5) is 0. The molecule has 0 spiro atoms. The second kappa shape index (κ2) is 3.41. The van der Waals surface area contributed by atoms with Crippen molar-refractivity contribution in [3.63, 3.8) is 0 Å². The molecule has 62 valence electrons. The molecule has 0 bridgehead atoms. The molecule has 0 aliphatic rings. The summed E-state index contributed by atoms with van der Waals surface area (Å²) in [6.07, 6.45) is 1.99. The van der Waals surface area contributed by atoms with Crippen LogP contribution in [0.5, 0.6) is 0 Å². The fraction of sp³-hybridized carbons (Fsp3) is 0.429. The van der Waals surface area contributed by atoms with Crippen LogP contribution in [0, 0.1) is 0 Å². The minimum Gasteiger partial charge on any atom is -0.449 e. The van der Waals surface area contributed by atoms with Gasteiger partial charge in [-0.3, -0.25) is 0 Å². The van der Waals surface area contributed by atoms with Crippen LogP contribution < -0.4 is 11.5 Å². The van der Waals surface area contributed by atoms with E-state index in [4.69, 9.17) is 21.0 Å². The Morgan fingerprint density at radius 1 is 1.64 bits per heavy atom. The molecule has 0 aliphatic carbocycles. The van der Waals surface area contributed by atoms with E-state index in [-0.39, 0.29) is 12.6 Å². The lowest BCUT2D eigenvalue weighted by Gasteiger charge is -2.06. The molecule has 1 aromatic rings. The number of anilines is 1. The van der Waals surface area contributed by atoms with Gasteiger partial charge in [-0.15, -0.1) is 0 Å². The molecule has 1 rings (SSSR count). The van der Waals surface area contributed by atoms with Crippen molar-refractivity contribution in [1.29, 1.82) is 0 Å². The third-order valence-corrected chi connectivity index (χ3v) is 1.57. The van der Waals surface area contributed by atoms with E-state index in [2.05, 4.69) is 0 Å². The summed E-state index contributed by atoms with van der Waals surface area (Å²) in [6, 6.07) is 1.49. The van der Waals surface area contributed by atoms with Crippen molar-refractivity contribution in [1.82, 2.24) is 0 Å². The van der Waals surface area contributed by atoms with Crippen LogP contribution in [0.3, 0.4) is 0 Å². The maximum atomic E-state index is 8.57. The van der Waals surface area contributed by atoms with Gasteiger partial charge in [-0.05, 0) is 12.5 Å². The predicted octanol–water partition coefficient (Wildman–Crippen LogP) is 0.244. The van der Waals surface area contributed by atoms with E-state index < -0.39 is 0 Å². The Hall–Kier alpha value is -1.00. The minimum atomic E-state index is -0.223. The highest BCUT2D eigenvalue weighted by atomic mass is 16.3. The van der Waals surface area contributed by atoms with Gasteiger partial charge >= 0.3 is 0 Å². The maximum Gasteiger partial charge on any atom is 0.194 e. The van der Waals surface area contributed by atoms with Gasteiger partial charge in [0.1, 0.15) is 0 Å². The zero-order chi connectivity index (χ0) is 8.27. The third-order valence-electron chi connectivity index (χ3n) is 1.57. The van der Waals surface area contributed by atoms with Crippen LogP contribution in [0.4, 0.5) is 5.88 Å². The molecule has 0 saturated heterocycles. The summed E-state index contributed by atoms with van der Waals surface area (Å²) >= 11 is 0. The quantitative estimate of drug-likeness (QED) is 0.585. The molecule has 0 amide bonds. The van der Waals surface area contributed by atoms with Crippen LogP contribution in [0.25, 0.3) is 0 Å². The number of rotatable bonds is 3. The zero-order valence-electron chi connectivity index (χ0n) is 6.16. The average molecular weight is 156 g/mol. The van der Waals surface area contributed by atoms with Gasteiger partial charge in [-0.25, -0.2) is 0 Å². The largest absolute Gasteiger partial charge is 0.449 e. The van der Waals surface area contributed by atoms with Crippen molar-refractivity contribution >= 4 is 5.88 Å². The molecule has 4 heteroatoms. The summed E-state index contributed by atoms with van der Waals surface area (Å²) in [5.41, 5.74) is 11.9. The smallest absolute Gasteiger partial charge is 0.194 e. The second-order valence-corrected chi connectivity index (χ2v) is 2.36. The Balaban J connectivity index is 2.67. The summed E-state index contributed by atoms with van der Waals surface area (Å²) in [5.74, 6) is 0.339. The standard InChI is InChI=1S/C7H12N2O2/c8-6(1-3-10)5-2-4-11-7(5)9/h2,4,6,10H,1,3,8-9H2/t6-/m0/s1. The lowest BCUT2D eigenvalue weighted by Crippen LogP contribution is -2.12. The first-order valence-electron chi connectivity index (χ1n) is 3.45. The Kier molecular flexibility index (Phi) is 2.51. The Morgan fingerprint density at radius 3 is 2.82 bits per heavy atom. The lowest BCUT2D eigenvalue weighted by atomic mass is 10.1. The highest BCUT2D eigenvalue weighted by Crippen LogP contribution is 2.21. The summed E-state index contributed by atoms with van der Waals surface area (Å²) in [6.45, 7) is 0.0613.